The second-order valence-electron chi connectivity index (χ2n) is 4.61. The molecule has 0 spiro atoms. The molecule has 2 aromatic rings. The van der Waals surface area contributed by atoms with Gasteiger partial charge in [-0.15, -0.1) is 0 Å². The molecule has 0 saturated heterocycles. The van der Waals surface area contributed by atoms with Crippen LogP contribution in [-0.4, -0.2) is 21.0 Å². The predicted octanol–water partition coefficient (Wildman–Crippen LogP) is 2.70. The maximum Gasteiger partial charge on any atom is 0.309 e. The Bertz CT molecular complexity index is 636. The first-order chi connectivity index (χ1) is 8.97. The summed E-state index contributed by atoms with van der Waals surface area (Å²) in [6, 6.07) is 7.77. The number of aryl methyl sites for hydroxylation is 2. The normalized spacial score (nSPS) is 10.5. The van der Waals surface area contributed by atoms with Gasteiger partial charge in [0, 0.05) is 5.56 Å². The standard InChI is InChI=1S/C15H16N2O2/c1-9-5-4-6-13(10(9)2)14-7-12(8-15(18)19)16-11(3)17-14/h4-7H,8H2,1-3H3,(H,18,19). The molecule has 0 unspecified atom stereocenters. The van der Waals surface area contributed by atoms with E-state index in [1.165, 1.54) is 5.56 Å². The van der Waals surface area contributed by atoms with Crippen LogP contribution >= 0.6 is 0 Å². The zero-order chi connectivity index (χ0) is 14.0. The van der Waals surface area contributed by atoms with Crippen molar-refractivity contribution >= 4 is 5.97 Å². The van der Waals surface area contributed by atoms with Crippen LogP contribution in [0.1, 0.15) is 22.6 Å². The molecule has 0 aliphatic heterocycles. The van der Waals surface area contributed by atoms with Gasteiger partial charge in [-0.1, -0.05) is 18.2 Å². The van der Waals surface area contributed by atoms with Crippen LogP contribution in [0.2, 0.25) is 0 Å². The fourth-order valence-electron chi connectivity index (χ4n) is 2.04. The van der Waals surface area contributed by atoms with Crippen molar-refractivity contribution in [3.05, 3.63) is 46.9 Å². The lowest BCUT2D eigenvalue weighted by Gasteiger charge is -2.09. The highest BCUT2D eigenvalue weighted by Crippen LogP contribution is 2.24. The fourth-order valence-corrected chi connectivity index (χ4v) is 2.04. The van der Waals surface area contributed by atoms with E-state index in [0.717, 1.165) is 16.8 Å². The van der Waals surface area contributed by atoms with Gasteiger partial charge in [-0.3, -0.25) is 4.79 Å². The summed E-state index contributed by atoms with van der Waals surface area (Å²) in [4.78, 5) is 19.4. The number of carboxylic acid groups (broad SMARTS) is 1. The quantitative estimate of drug-likeness (QED) is 0.917. The third-order valence-corrected chi connectivity index (χ3v) is 3.10. The minimum Gasteiger partial charge on any atom is -0.481 e. The SMILES string of the molecule is Cc1nc(CC(=O)O)cc(-c2cccc(C)c2C)n1. The van der Waals surface area contributed by atoms with Gasteiger partial charge in [0.05, 0.1) is 17.8 Å². The highest BCUT2D eigenvalue weighted by Gasteiger charge is 2.10. The molecule has 4 nitrogen and oxygen atoms in total. The highest BCUT2D eigenvalue weighted by atomic mass is 16.4. The molecule has 0 bridgehead atoms. The molecule has 1 aromatic carbocycles. The molecule has 4 heteroatoms. The monoisotopic (exact) mass is 256 g/mol. The molecule has 2 rings (SSSR count). The highest BCUT2D eigenvalue weighted by molar-refractivity contribution is 5.71. The number of nitrogens with zero attached hydrogens (tertiary/aromatic N) is 2. The number of carboxylic acids is 1. The van der Waals surface area contributed by atoms with Crippen LogP contribution in [-0.2, 0) is 11.2 Å². The largest absolute Gasteiger partial charge is 0.481 e. The van der Waals surface area contributed by atoms with Crippen LogP contribution in [0.4, 0.5) is 0 Å². The van der Waals surface area contributed by atoms with E-state index in [1.807, 2.05) is 32.0 Å². The summed E-state index contributed by atoms with van der Waals surface area (Å²) in [6.07, 6.45) is -0.0821. The molecule has 0 radical (unpaired) electrons. The van der Waals surface area contributed by atoms with Gasteiger partial charge in [0.1, 0.15) is 5.82 Å². The van der Waals surface area contributed by atoms with Crippen LogP contribution in [0.3, 0.4) is 0 Å². The Labute approximate surface area is 112 Å². The average Bonchev–Trinajstić information content (AvgIpc) is 2.31. The zero-order valence-corrected chi connectivity index (χ0v) is 11.3. The predicted molar refractivity (Wildman–Crippen MR) is 73.0 cm³/mol. The smallest absolute Gasteiger partial charge is 0.309 e. The molecule has 1 N–H and O–H groups in total. The summed E-state index contributed by atoms with van der Waals surface area (Å²) < 4.78 is 0. The summed E-state index contributed by atoms with van der Waals surface area (Å²) in [5.74, 6) is -0.292. The number of hydrogen-bond donors (Lipinski definition) is 1. The molecule has 0 amide bonds. The molecule has 0 saturated carbocycles. The van der Waals surface area contributed by atoms with Crippen LogP contribution < -0.4 is 0 Å². The maximum absolute atomic E-state index is 10.8. The Hall–Kier alpha value is -2.23. The molecule has 98 valence electrons. The van der Waals surface area contributed by atoms with Gasteiger partial charge in [0.25, 0.3) is 0 Å². The second-order valence-corrected chi connectivity index (χ2v) is 4.61. The van der Waals surface area contributed by atoms with Crippen LogP contribution in [0.5, 0.6) is 0 Å². The first kappa shape index (κ1) is 13.2. The fraction of sp³-hybridized carbons (Fsp3) is 0.267. The number of aliphatic carboxylic acids is 1. The Morgan fingerprint density at radius 2 is 1.95 bits per heavy atom. The number of rotatable bonds is 3. The molecular weight excluding hydrogens is 240 g/mol. The molecule has 0 aliphatic rings. The number of benzene rings is 1. The molecule has 1 aromatic heterocycles. The van der Waals surface area contributed by atoms with Gasteiger partial charge in [0.2, 0.25) is 0 Å². The van der Waals surface area contributed by atoms with E-state index in [4.69, 9.17) is 5.11 Å². The molecule has 0 atom stereocenters. The number of aromatic nitrogens is 2. The Balaban J connectivity index is 2.53. The maximum atomic E-state index is 10.8. The summed E-state index contributed by atoms with van der Waals surface area (Å²) in [5.41, 5.74) is 4.69. The van der Waals surface area contributed by atoms with Crippen molar-refractivity contribution in [3.63, 3.8) is 0 Å². The van der Waals surface area contributed by atoms with Crippen LogP contribution in [0.15, 0.2) is 24.3 Å². The van der Waals surface area contributed by atoms with E-state index < -0.39 is 5.97 Å². The van der Waals surface area contributed by atoms with Crippen molar-refractivity contribution in [2.45, 2.75) is 27.2 Å². The molecule has 19 heavy (non-hydrogen) atoms. The first-order valence-electron chi connectivity index (χ1n) is 6.10. The van der Waals surface area contributed by atoms with Gasteiger partial charge >= 0.3 is 5.97 Å². The Morgan fingerprint density at radius 3 is 2.63 bits per heavy atom. The van der Waals surface area contributed by atoms with Crippen molar-refractivity contribution in [1.82, 2.24) is 9.97 Å². The number of carbonyl (C=O) groups is 1. The van der Waals surface area contributed by atoms with E-state index in [0.29, 0.717) is 11.5 Å². The molecule has 0 aliphatic carbocycles. The van der Waals surface area contributed by atoms with Gasteiger partial charge < -0.3 is 5.11 Å². The summed E-state index contributed by atoms with van der Waals surface area (Å²) >= 11 is 0. The third-order valence-electron chi connectivity index (χ3n) is 3.10. The number of hydrogen-bond acceptors (Lipinski definition) is 3. The van der Waals surface area contributed by atoms with Crippen molar-refractivity contribution in [3.8, 4) is 11.3 Å². The third kappa shape index (κ3) is 2.96. The van der Waals surface area contributed by atoms with Gasteiger partial charge in [0.15, 0.2) is 0 Å². The topological polar surface area (TPSA) is 63.1 Å². The van der Waals surface area contributed by atoms with Gasteiger partial charge in [-0.25, -0.2) is 9.97 Å². The van der Waals surface area contributed by atoms with E-state index in [2.05, 4.69) is 9.97 Å². The molecule has 0 fully saturated rings. The summed E-state index contributed by atoms with van der Waals surface area (Å²) in [5, 5.41) is 8.86. The average molecular weight is 256 g/mol. The molecule has 1 heterocycles. The Kier molecular flexibility index (Phi) is 3.60. The van der Waals surface area contributed by atoms with Crippen molar-refractivity contribution < 1.29 is 9.90 Å². The van der Waals surface area contributed by atoms with E-state index >= 15 is 0 Å². The van der Waals surface area contributed by atoms with E-state index in [1.54, 1.807) is 13.0 Å². The Morgan fingerprint density at radius 1 is 1.21 bits per heavy atom. The van der Waals surface area contributed by atoms with Crippen molar-refractivity contribution in [2.24, 2.45) is 0 Å². The van der Waals surface area contributed by atoms with E-state index in [-0.39, 0.29) is 6.42 Å². The summed E-state index contributed by atoms with van der Waals surface area (Å²) in [7, 11) is 0. The van der Waals surface area contributed by atoms with Gasteiger partial charge in [-0.05, 0) is 38.0 Å². The minimum atomic E-state index is -0.884. The lowest BCUT2D eigenvalue weighted by molar-refractivity contribution is -0.136. The van der Waals surface area contributed by atoms with Crippen LogP contribution in [0, 0.1) is 20.8 Å². The van der Waals surface area contributed by atoms with Crippen molar-refractivity contribution in [1.29, 1.82) is 0 Å². The summed E-state index contributed by atoms with van der Waals surface area (Å²) in [6.45, 7) is 5.87. The second kappa shape index (κ2) is 5.18. The molecular formula is C15H16N2O2. The lowest BCUT2D eigenvalue weighted by atomic mass is 10.0. The minimum absolute atomic E-state index is 0.0821. The zero-order valence-electron chi connectivity index (χ0n) is 11.3. The van der Waals surface area contributed by atoms with Crippen molar-refractivity contribution in [2.75, 3.05) is 0 Å². The lowest BCUT2D eigenvalue weighted by Crippen LogP contribution is -2.05. The van der Waals surface area contributed by atoms with Crippen LogP contribution in [0.25, 0.3) is 11.3 Å². The van der Waals surface area contributed by atoms with E-state index in [9.17, 15) is 4.79 Å². The first-order valence-corrected chi connectivity index (χ1v) is 6.10. The van der Waals surface area contributed by atoms with Gasteiger partial charge in [-0.2, -0.15) is 0 Å².